The number of anilines is 1. The molecule has 0 atom stereocenters. The Balaban J connectivity index is 2.63. The van der Waals surface area contributed by atoms with E-state index in [0.29, 0.717) is 11.3 Å². The van der Waals surface area contributed by atoms with E-state index in [4.69, 9.17) is 0 Å². The van der Waals surface area contributed by atoms with Gasteiger partial charge in [0.2, 0.25) is 0 Å². The van der Waals surface area contributed by atoms with E-state index in [0.717, 1.165) is 5.39 Å². The van der Waals surface area contributed by atoms with Crippen molar-refractivity contribution < 1.29 is 5.11 Å². The summed E-state index contributed by atoms with van der Waals surface area (Å²) in [4.78, 5) is 4.17. The van der Waals surface area contributed by atoms with Gasteiger partial charge in [-0.1, -0.05) is 12.1 Å². The number of aromatic nitrogens is 1. The first-order chi connectivity index (χ1) is 6.81. The van der Waals surface area contributed by atoms with Crippen LogP contribution < -0.4 is 5.43 Å². The van der Waals surface area contributed by atoms with Crippen molar-refractivity contribution in [3.05, 3.63) is 30.3 Å². The zero-order chi connectivity index (χ0) is 9.97. The molecule has 0 amide bonds. The maximum absolute atomic E-state index is 9.53. The third kappa shape index (κ3) is 1.37. The van der Waals surface area contributed by atoms with Crippen molar-refractivity contribution in [2.75, 3.05) is 5.43 Å². The molecule has 4 heteroatoms. The second-order valence-corrected chi connectivity index (χ2v) is 2.82. The number of nitrogens with zero attached hydrogens (tertiary/aromatic N) is 2. The van der Waals surface area contributed by atoms with Gasteiger partial charge in [-0.05, 0) is 18.2 Å². The summed E-state index contributed by atoms with van der Waals surface area (Å²) in [5, 5.41) is 13.9. The van der Waals surface area contributed by atoms with E-state index in [-0.39, 0.29) is 5.75 Å². The number of fused-ring (bicyclic) bond motifs is 1. The van der Waals surface area contributed by atoms with Gasteiger partial charge in [0.1, 0.15) is 17.1 Å². The second kappa shape index (κ2) is 3.33. The first kappa shape index (κ1) is 8.50. The first-order valence-corrected chi connectivity index (χ1v) is 4.12. The van der Waals surface area contributed by atoms with Crippen molar-refractivity contribution in [2.24, 2.45) is 5.10 Å². The fraction of sp³-hybridized carbons (Fsp3) is 0. The quantitative estimate of drug-likeness (QED) is 0.558. The highest BCUT2D eigenvalue weighted by Crippen LogP contribution is 2.23. The van der Waals surface area contributed by atoms with Gasteiger partial charge >= 0.3 is 0 Å². The molecule has 1 heterocycles. The molecule has 0 radical (unpaired) electrons. The molecule has 70 valence electrons. The molecule has 1 aromatic heterocycles. The average molecular weight is 187 g/mol. The molecule has 0 aliphatic heterocycles. The number of benzene rings is 1. The molecule has 2 rings (SSSR count). The van der Waals surface area contributed by atoms with E-state index in [1.165, 1.54) is 0 Å². The van der Waals surface area contributed by atoms with Gasteiger partial charge < -0.3 is 5.11 Å². The molecule has 0 unspecified atom stereocenters. The van der Waals surface area contributed by atoms with Gasteiger partial charge in [0.25, 0.3) is 0 Å². The normalized spacial score (nSPS) is 10.0. The van der Waals surface area contributed by atoms with Crippen molar-refractivity contribution in [1.29, 1.82) is 0 Å². The summed E-state index contributed by atoms with van der Waals surface area (Å²) in [5.74, 6) is 0.726. The SMILES string of the molecule is C=NNc1ccc2cccc(O)c2n1. The van der Waals surface area contributed by atoms with Crippen LogP contribution in [0.3, 0.4) is 0 Å². The van der Waals surface area contributed by atoms with Crippen LogP contribution in [0.15, 0.2) is 35.4 Å². The fourth-order valence-electron chi connectivity index (χ4n) is 1.27. The second-order valence-electron chi connectivity index (χ2n) is 2.82. The molecular formula is C10H9N3O. The van der Waals surface area contributed by atoms with E-state index < -0.39 is 0 Å². The van der Waals surface area contributed by atoms with Crippen LogP contribution in [0.1, 0.15) is 0 Å². The summed E-state index contributed by atoms with van der Waals surface area (Å²) in [6.07, 6.45) is 0. The summed E-state index contributed by atoms with van der Waals surface area (Å²) in [6.45, 7) is 3.29. The zero-order valence-corrected chi connectivity index (χ0v) is 7.44. The Morgan fingerprint density at radius 1 is 1.29 bits per heavy atom. The van der Waals surface area contributed by atoms with Crippen LogP contribution in [-0.2, 0) is 0 Å². The molecule has 0 fully saturated rings. The molecule has 2 N–H and O–H groups in total. The van der Waals surface area contributed by atoms with Gasteiger partial charge in [0.05, 0.1) is 0 Å². The van der Waals surface area contributed by atoms with E-state index in [1.54, 1.807) is 18.2 Å². The van der Waals surface area contributed by atoms with E-state index in [9.17, 15) is 5.11 Å². The summed E-state index contributed by atoms with van der Waals surface area (Å²) in [6, 6.07) is 8.89. The Hall–Kier alpha value is -2.10. The number of hydrazone groups is 1. The molecule has 0 saturated heterocycles. The molecule has 0 spiro atoms. The minimum Gasteiger partial charge on any atom is -0.506 e. The van der Waals surface area contributed by atoms with Gasteiger partial charge in [-0.3, -0.25) is 5.43 Å². The highest BCUT2D eigenvalue weighted by molar-refractivity contribution is 5.85. The van der Waals surface area contributed by atoms with Gasteiger partial charge in [-0.15, -0.1) is 0 Å². The zero-order valence-electron chi connectivity index (χ0n) is 7.44. The molecule has 1 aromatic carbocycles. The molecule has 0 aliphatic rings. The average Bonchev–Trinajstić information content (AvgIpc) is 2.20. The minimum atomic E-state index is 0.162. The van der Waals surface area contributed by atoms with E-state index in [1.807, 2.05) is 12.1 Å². The molecule has 4 nitrogen and oxygen atoms in total. The number of pyridine rings is 1. The van der Waals surface area contributed by atoms with Crippen LogP contribution in [-0.4, -0.2) is 16.8 Å². The molecule has 0 aliphatic carbocycles. The number of hydrogen-bond acceptors (Lipinski definition) is 4. The third-order valence-corrected chi connectivity index (χ3v) is 1.89. The fourth-order valence-corrected chi connectivity index (χ4v) is 1.27. The Kier molecular flexibility index (Phi) is 2.02. The summed E-state index contributed by atoms with van der Waals surface area (Å²) >= 11 is 0. The monoisotopic (exact) mass is 187 g/mol. The number of nitrogens with one attached hydrogen (secondary N) is 1. The number of para-hydroxylation sites is 1. The van der Waals surface area contributed by atoms with Crippen LogP contribution >= 0.6 is 0 Å². The van der Waals surface area contributed by atoms with Crippen LogP contribution in [0.4, 0.5) is 5.82 Å². The smallest absolute Gasteiger partial charge is 0.147 e. The van der Waals surface area contributed by atoms with Crippen molar-refractivity contribution in [2.45, 2.75) is 0 Å². The maximum atomic E-state index is 9.53. The number of rotatable bonds is 2. The molecule has 14 heavy (non-hydrogen) atoms. The van der Waals surface area contributed by atoms with Crippen molar-refractivity contribution in [3.63, 3.8) is 0 Å². The summed E-state index contributed by atoms with van der Waals surface area (Å²) < 4.78 is 0. The highest BCUT2D eigenvalue weighted by atomic mass is 16.3. The Bertz CT molecular complexity index is 482. The lowest BCUT2D eigenvalue weighted by Gasteiger charge is -2.02. The van der Waals surface area contributed by atoms with Gasteiger partial charge in [0, 0.05) is 12.1 Å². The lowest BCUT2D eigenvalue weighted by molar-refractivity contribution is 0.480. The lowest BCUT2D eigenvalue weighted by Crippen LogP contribution is -1.90. The number of hydrogen-bond donors (Lipinski definition) is 2. The number of aromatic hydroxyl groups is 1. The van der Waals surface area contributed by atoms with E-state index in [2.05, 4.69) is 22.2 Å². The largest absolute Gasteiger partial charge is 0.506 e. The minimum absolute atomic E-state index is 0.162. The Labute approximate surface area is 80.9 Å². The van der Waals surface area contributed by atoms with Crippen LogP contribution in [0.5, 0.6) is 5.75 Å². The predicted molar refractivity (Wildman–Crippen MR) is 56.6 cm³/mol. The van der Waals surface area contributed by atoms with Crippen molar-refractivity contribution in [3.8, 4) is 5.75 Å². The van der Waals surface area contributed by atoms with Crippen LogP contribution in [0.2, 0.25) is 0 Å². The highest BCUT2D eigenvalue weighted by Gasteiger charge is 2.01. The molecule has 0 saturated carbocycles. The summed E-state index contributed by atoms with van der Waals surface area (Å²) in [7, 11) is 0. The number of phenols is 1. The first-order valence-electron chi connectivity index (χ1n) is 4.12. The molecular weight excluding hydrogens is 178 g/mol. The Morgan fingerprint density at radius 3 is 2.93 bits per heavy atom. The lowest BCUT2D eigenvalue weighted by atomic mass is 10.2. The van der Waals surface area contributed by atoms with E-state index >= 15 is 0 Å². The van der Waals surface area contributed by atoms with Crippen LogP contribution in [0, 0.1) is 0 Å². The third-order valence-electron chi connectivity index (χ3n) is 1.89. The van der Waals surface area contributed by atoms with Crippen molar-refractivity contribution in [1.82, 2.24) is 4.98 Å². The van der Waals surface area contributed by atoms with Crippen molar-refractivity contribution >= 4 is 23.4 Å². The molecule has 2 aromatic rings. The molecule has 0 bridgehead atoms. The topological polar surface area (TPSA) is 57.5 Å². The number of phenolic OH excluding ortho intramolecular Hbond substituents is 1. The predicted octanol–water partition coefficient (Wildman–Crippen LogP) is 1.97. The van der Waals surface area contributed by atoms with Gasteiger partial charge in [-0.25, -0.2) is 4.98 Å². The Morgan fingerprint density at radius 2 is 2.14 bits per heavy atom. The maximum Gasteiger partial charge on any atom is 0.147 e. The standard InChI is InChI=1S/C10H9N3O/c1-11-13-9-6-5-7-3-2-4-8(14)10(7)12-9/h2-6,14H,1H2,(H,12,13). The van der Waals surface area contributed by atoms with Gasteiger partial charge in [0.15, 0.2) is 0 Å². The summed E-state index contributed by atoms with van der Waals surface area (Å²) in [5.41, 5.74) is 3.18. The van der Waals surface area contributed by atoms with Crippen LogP contribution in [0.25, 0.3) is 10.9 Å². The van der Waals surface area contributed by atoms with Gasteiger partial charge in [-0.2, -0.15) is 5.10 Å².